The normalized spacial score (nSPS) is 14.6. The second-order valence-corrected chi connectivity index (χ2v) is 4.42. The highest BCUT2D eigenvalue weighted by Crippen LogP contribution is 2.17. The first-order valence-electron chi connectivity index (χ1n) is 5.94. The molecular weight excluding hydrogens is 168 g/mol. The third-order valence-electron chi connectivity index (χ3n) is 2.50. The second kappa shape index (κ2) is 9.05. The van der Waals surface area contributed by atoms with Gasteiger partial charge in [0, 0.05) is 0 Å². The molecule has 0 spiro atoms. The van der Waals surface area contributed by atoms with Crippen LogP contribution in [-0.2, 0) is 0 Å². The molecule has 0 rings (SSSR count). The maximum atomic E-state index is 2.35. The van der Waals surface area contributed by atoms with E-state index >= 15 is 0 Å². The van der Waals surface area contributed by atoms with E-state index in [1.165, 1.54) is 25.7 Å². The van der Waals surface area contributed by atoms with Crippen molar-refractivity contribution in [3.05, 3.63) is 24.3 Å². The molecule has 0 aromatic carbocycles. The van der Waals surface area contributed by atoms with Crippen LogP contribution in [0.3, 0.4) is 0 Å². The van der Waals surface area contributed by atoms with E-state index in [0.717, 1.165) is 11.8 Å². The highest BCUT2D eigenvalue weighted by molar-refractivity contribution is 4.91. The molecule has 0 aromatic rings. The molecule has 0 heterocycles. The molecule has 0 nitrogen and oxygen atoms in total. The Hall–Kier alpha value is -0.520. The SMILES string of the molecule is CC=CCC(C=CC)CCCC(C)C. The Kier molecular flexibility index (Phi) is 8.72. The average molecular weight is 194 g/mol. The molecule has 0 saturated carbocycles. The zero-order valence-electron chi connectivity index (χ0n) is 10.3. The van der Waals surface area contributed by atoms with E-state index in [1.54, 1.807) is 0 Å². The summed E-state index contributed by atoms with van der Waals surface area (Å²) in [6.45, 7) is 8.82. The lowest BCUT2D eigenvalue weighted by Gasteiger charge is -2.11. The quantitative estimate of drug-likeness (QED) is 0.502. The van der Waals surface area contributed by atoms with Crippen LogP contribution in [0.25, 0.3) is 0 Å². The van der Waals surface area contributed by atoms with Crippen LogP contribution in [-0.4, -0.2) is 0 Å². The minimum atomic E-state index is 0.759. The second-order valence-electron chi connectivity index (χ2n) is 4.42. The van der Waals surface area contributed by atoms with Gasteiger partial charge >= 0.3 is 0 Å². The first-order chi connectivity index (χ1) is 6.70. The molecule has 0 saturated heterocycles. The summed E-state index contributed by atoms with van der Waals surface area (Å²) < 4.78 is 0. The molecule has 1 unspecified atom stereocenters. The minimum Gasteiger partial charge on any atom is -0.0916 e. The van der Waals surface area contributed by atoms with Gasteiger partial charge in [0.25, 0.3) is 0 Å². The van der Waals surface area contributed by atoms with Gasteiger partial charge in [0.2, 0.25) is 0 Å². The standard InChI is InChI=1S/C14H26/c1-5-7-11-14(9-6-2)12-8-10-13(3)4/h5-7,9,13-14H,8,10-12H2,1-4H3. The van der Waals surface area contributed by atoms with E-state index in [2.05, 4.69) is 52.0 Å². The van der Waals surface area contributed by atoms with Gasteiger partial charge in [-0.3, -0.25) is 0 Å². The van der Waals surface area contributed by atoms with Crippen molar-refractivity contribution in [2.24, 2.45) is 11.8 Å². The van der Waals surface area contributed by atoms with Crippen molar-refractivity contribution < 1.29 is 0 Å². The molecule has 0 N–H and O–H groups in total. The molecular formula is C14H26. The first-order valence-corrected chi connectivity index (χ1v) is 5.94. The highest BCUT2D eigenvalue weighted by Gasteiger charge is 2.02. The van der Waals surface area contributed by atoms with Crippen molar-refractivity contribution in [2.75, 3.05) is 0 Å². The lowest BCUT2D eigenvalue weighted by molar-refractivity contribution is 0.486. The minimum absolute atomic E-state index is 0.759. The number of hydrogen-bond acceptors (Lipinski definition) is 0. The Bertz CT molecular complexity index is 163. The molecule has 0 bridgehead atoms. The van der Waals surface area contributed by atoms with Crippen LogP contribution in [0.2, 0.25) is 0 Å². The van der Waals surface area contributed by atoms with E-state index in [9.17, 15) is 0 Å². The van der Waals surface area contributed by atoms with Crippen LogP contribution in [0, 0.1) is 11.8 Å². The fourth-order valence-electron chi connectivity index (χ4n) is 1.66. The summed E-state index contributed by atoms with van der Waals surface area (Å²) >= 11 is 0. The van der Waals surface area contributed by atoms with Crippen molar-refractivity contribution in [1.82, 2.24) is 0 Å². The lowest BCUT2D eigenvalue weighted by atomic mass is 9.95. The van der Waals surface area contributed by atoms with Crippen LogP contribution >= 0.6 is 0 Å². The molecule has 82 valence electrons. The highest BCUT2D eigenvalue weighted by atomic mass is 14.1. The summed E-state index contributed by atoms with van der Waals surface area (Å²) in [6.07, 6.45) is 14.2. The van der Waals surface area contributed by atoms with Crippen LogP contribution < -0.4 is 0 Å². The van der Waals surface area contributed by atoms with Gasteiger partial charge < -0.3 is 0 Å². The largest absolute Gasteiger partial charge is 0.0916 e. The fraction of sp³-hybridized carbons (Fsp3) is 0.714. The number of allylic oxidation sites excluding steroid dienone is 4. The maximum Gasteiger partial charge on any atom is -0.0199 e. The Morgan fingerprint density at radius 2 is 1.71 bits per heavy atom. The van der Waals surface area contributed by atoms with Crippen molar-refractivity contribution in [1.29, 1.82) is 0 Å². The monoisotopic (exact) mass is 194 g/mol. The van der Waals surface area contributed by atoms with Crippen LogP contribution in [0.5, 0.6) is 0 Å². The summed E-state index contributed by atoms with van der Waals surface area (Å²) in [4.78, 5) is 0. The number of hydrogen-bond donors (Lipinski definition) is 0. The predicted molar refractivity (Wildman–Crippen MR) is 66.4 cm³/mol. The van der Waals surface area contributed by atoms with Gasteiger partial charge in [-0.05, 0) is 38.5 Å². The summed E-state index contributed by atoms with van der Waals surface area (Å²) in [5.41, 5.74) is 0. The zero-order chi connectivity index (χ0) is 10.8. The molecule has 0 amide bonds. The third kappa shape index (κ3) is 8.10. The van der Waals surface area contributed by atoms with Gasteiger partial charge in [0.15, 0.2) is 0 Å². The van der Waals surface area contributed by atoms with E-state index in [0.29, 0.717) is 0 Å². The Morgan fingerprint density at radius 3 is 2.21 bits per heavy atom. The fourth-order valence-corrected chi connectivity index (χ4v) is 1.66. The van der Waals surface area contributed by atoms with Crippen molar-refractivity contribution in [3.8, 4) is 0 Å². The van der Waals surface area contributed by atoms with E-state index in [4.69, 9.17) is 0 Å². The van der Waals surface area contributed by atoms with Crippen molar-refractivity contribution in [3.63, 3.8) is 0 Å². The summed E-state index contributed by atoms with van der Waals surface area (Å²) in [5.74, 6) is 1.61. The van der Waals surface area contributed by atoms with E-state index < -0.39 is 0 Å². The van der Waals surface area contributed by atoms with Gasteiger partial charge in [-0.1, -0.05) is 51.0 Å². The summed E-state index contributed by atoms with van der Waals surface area (Å²) in [6, 6.07) is 0. The van der Waals surface area contributed by atoms with Crippen LogP contribution in [0.1, 0.15) is 53.4 Å². The van der Waals surface area contributed by atoms with Gasteiger partial charge in [-0.15, -0.1) is 0 Å². The maximum absolute atomic E-state index is 2.35. The smallest absolute Gasteiger partial charge is 0.0199 e. The zero-order valence-corrected chi connectivity index (χ0v) is 10.3. The van der Waals surface area contributed by atoms with Crippen LogP contribution in [0.15, 0.2) is 24.3 Å². The van der Waals surface area contributed by atoms with Crippen LogP contribution in [0.4, 0.5) is 0 Å². The van der Waals surface area contributed by atoms with E-state index in [1.807, 2.05) is 0 Å². The summed E-state index contributed by atoms with van der Waals surface area (Å²) in [7, 11) is 0. The Labute approximate surface area is 90.1 Å². The topological polar surface area (TPSA) is 0 Å². The van der Waals surface area contributed by atoms with Gasteiger partial charge in [-0.2, -0.15) is 0 Å². The Balaban J connectivity index is 3.73. The van der Waals surface area contributed by atoms with Gasteiger partial charge in [0.1, 0.15) is 0 Å². The number of rotatable bonds is 7. The molecule has 1 atom stereocenters. The third-order valence-corrected chi connectivity index (χ3v) is 2.50. The van der Waals surface area contributed by atoms with Gasteiger partial charge in [-0.25, -0.2) is 0 Å². The molecule has 0 fully saturated rings. The summed E-state index contributed by atoms with van der Waals surface area (Å²) in [5, 5.41) is 0. The first kappa shape index (κ1) is 13.5. The molecule has 0 aliphatic heterocycles. The van der Waals surface area contributed by atoms with Crippen molar-refractivity contribution >= 4 is 0 Å². The van der Waals surface area contributed by atoms with Crippen molar-refractivity contribution in [2.45, 2.75) is 53.4 Å². The molecule has 0 heteroatoms. The predicted octanol–water partition coefficient (Wildman–Crippen LogP) is 4.97. The van der Waals surface area contributed by atoms with Gasteiger partial charge in [0.05, 0.1) is 0 Å². The Morgan fingerprint density at radius 1 is 1.00 bits per heavy atom. The lowest BCUT2D eigenvalue weighted by Crippen LogP contribution is -1.96. The molecule has 0 aromatic heterocycles. The average Bonchev–Trinajstić information content (AvgIpc) is 2.13. The van der Waals surface area contributed by atoms with E-state index in [-0.39, 0.29) is 0 Å². The molecule has 0 aliphatic rings. The molecule has 14 heavy (non-hydrogen) atoms. The molecule has 0 radical (unpaired) electrons. The molecule has 0 aliphatic carbocycles.